The zero-order valence-electron chi connectivity index (χ0n) is 24.8. The fraction of sp³-hybridized carbons (Fsp3) is 0.351. The highest BCUT2D eigenvalue weighted by Crippen LogP contribution is 2.35. The Morgan fingerprint density at radius 3 is 1.42 bits per heavy atom. The summed E-state index contributed by atoms with van der Waals surface area (Å²) in [6, 6.07) is 41.0. The van der Waals surface area contributed by atoms with Crippen LogP contribution in [-0.4, -0.2) is 42.2 Å². The molecule has 1 aliphatic rings. The molecule has 4 aromatic carbocycles. The van der Waals surface area contributed by atoms with Gasteiger partial charge >= 0.3 is 0 Å². The molecule has 0 N–H and O–H groups in total. The molecule has 0 aromatic heterocycles. The summed E-state index contributed by atoms with van der Waals surface area (Å²) in [7, 11) is 0. The van der Waals surface area contributed by atoms with Crippen molar-refractivity contribution in [3.63, 3.8) is 0 Å². The van der Waals surface area contributed by atoms with Crippen molar-refractivity contribution in [1.82, 2.24) is 0 Å². The van der Waals surface area contributed by atoms with Crippen molar-refractivity contribution in [3.8, 4) is 0 Å². The normalized spacial score (nSPS) is 21.9. The minimum atomic E-state index is -0.404. The van der Waals surface area contributed by atoms with Gasteiger partial charge in [0.15, 0.2) is 0 Å². The van der Waals surface area contributed by atoms with Crippen molar-refractivity contribution in [1.29, 1.82) is 0 Å². The van der Waals surface area contributed by atoms with E-state index in [-0.39, 0.29) is 23.7 Å². The molecule has 226 valence electrons. The first kappa shape index (κ1) is 31.5. The maximum atomic E-state index is 6.82. The number of thioether (sulfide) groups is 1. The Labute approximate surface area is 260 Å². The van der Waals surface area contributed by atoms with Crippen LogP contribution < -0.4 is 0 Å². The molecule has 1 fully saturated rings. The molecule has 0 saturated carbocycles. The average molecular weight is 599 g/mol. The van der Waals surface area contributed by atoms with Gasteiger partial charge < -0.3 is 23.7 Å². The second-order valence-corrected chi connectivity index (χ2v) is 11.9. The SMILES string of the molecule is CCCS[C@H]1O[C@H](COCc2ccccc2)[C@H](OCc2ccccc2)[C@H](OCc2ccccc2)[C@H]1OCc1ccccc1. The van der Waals surface area contributed by atoms with Gasteiger partial charge in [-0.05, 0) is 34.4 Å². The first-order valence-electron chi connectivity index (χ1n) is 15.2. The largest absolute Gasteiger partial charge is 0.374 e. The maximum absolute atomic E-state index is 6.82. The van der Waals surface area contributed by atoms with Gasteiger partial charge in [-0.25, -0.2) is 0 Å². The standard InChI is InChI=1S/C37H42O5S/c1-2-23-43-37-36(41-27-32-21-13-6-14-22-32)35(40-26-31-19-11-5-12-20-31)34(39-25-30-17-9-4-10-18-30)33(42-37)28-38-24-29-15-7-3-8-16-29/h3-22,33-37H,2,23-28H2,1H3/t33-,34+,35+,36-,37-/m1/s1. The molecule has 0 aliphatic carbocycles. The Hall–Kier alpha value is -2.97. The molecule has 1 saturated heterocycles. The van der Waals surface area contributed by atoms with Crippen LogP contribution in [0, 0.1) is 0 Å². The molecule has 0 radical (unpaired) electrons. The minimum absolute atomic E-state index is 0.230. The van der Waals surface area contributed by atoms with E-state index in [9.17, 15) is 0 Å². The fourth-order valence-corrected chi connectivity index (χ4v) is 6.23. The van der Waals surface area contributed by atoms with Crippen LogP contribution in [0.15, 0.2) is 121 Å². The summed E-state index contributed by atoms with van der Waals surface area (Å²) in [4.78, 5) is 0. The van der Waals surface area contributed by atoms with E-state index in [4.69, 9.17) is 23.7 Å². The second-order valence-electron chi connectivity index (χ2n) is 10.7. The molecule has 6 heteroatoms. The van der Waals surface area contributed by atoms with Gasteiger partial charge in [0, 0.05) is 0 Å². The molecular weight excluding hydrogens is 556 g/mol. The van der Waals surface area contributed by atoms with Crippen LogP contribution in [0.5, 0.6) is 0 Å². The molecule has 0 spiro atoms. The van der Waals surface area contributed by atoms with E-state index in [0.29, 0.717) is 33.0 Å². The molecule has 1 heterocycles. The van der Waals surface area contributed by atoms with E-state index < -0.39 is 6.10 Å². The molecule has 4 aromatic rings. The molecule has 1 aliphatic heterocycles. The second kappa shape index (κ2) is 17.4. The highest BCUT2D eigenvalue weighted by Gasteiger charge is 2.48. The van der Waals surface area contributed by atoms with E-state index >= 15 is 0 Å². The lowest BCUT2D eigenvalue weighted by atomic mass is 9.98. The number of hydrogen-bond acceptors (Lipinski definition) is 6. The molecule has 5 atom stereocenters. The van der Waals surface area contributed by atoms with Crippen LogP contribution in [-0.2, 0) is 50.1 Å². The van der Waals surface area contributed by atoms with Crippen molar-refractivity contribution >= 4 is 11.8 Å². The van der Waals surface area contributed by atoms with Crippen LogP contribution in [0.1, 0.15) is 35.6 Å². The van der Waals surface area contributed by atoms with Crippen molar-refractivity contribution in [2.24, 2.45) is 0 Å². The molecule has 5 nitrogen and oxygen atoms in total. The van der Waals surface area contributed by atoms with Gasteiger partial charge in [-0.1, -0.05) is 128 Å². The van der Waals surface area contributed by atoms with E-state index in [1.54, 1.807) is 11.8 Å². The molecule has 0 unspecified atom stereocenters. The lowest BCUT2D eigenvalue weighted by Crippen LogP contribution is -2.60. The number of ether oxygens (including phenoxy) is 5. The van der Waals surface area contributed by atoms with Gasteiger partial charge in [0.05, 0.1) is 33.0 Å². The Balaban J connectivity index is 1.41. The highest BCUT2D eigenvalue weighted by molar-refractivity contribution is 7.99. The molecule has 0 amide bonds. The molecule has 5 rings (SSSR count). The predicted molar refractivity (Wildman–Crippen MR) is 173 cm³/mol. The summed E-state index contributed by atoms with van der Waals surface area (Å²) < 4.78 is 33.2. The van der Waals surface area contributed by atoms with Gasteiger partial charge in [0.2, 0.25) is 0 Å². The van der Waals surface area contributed by atoms with E-state index in [1.165, 1.54) is 0 Å². The van der Waals surface area contributed by atoms with Crippen LogP contribution in [0.3, 0.4) is 0 Å². The number of rotatable bonds is 16. The summed E-state index contributed by atoms with van der Waals surface area (Å²) in [5.41, 5.74) is 4.20. The van der Waals surface area contributed by atoms with E-state index in [2.05, 4.69) is 55.5 Å². The summed E-state index contributed by atoms with van der Waals surface area (Å²) in [6.45, 7) is 4.42. The third kappa shape index (κ3) is 9.77. The van der Waals surface area contributed by atoms with Crippen LogP contribution in [0.2, 0.25) is 0 Å². The van der Waals surface area contributed by atoms with E-state index in [1.807, 2.05) is 72.8 Å². The zero-order valence-corrected chi connectivity index (χ0v) is 25.6. The third-order valence-electron chi connectivity index (χ3n) is 7.33. The Morgan fingerprint density at radius 1 is 0.535 bits per heavy atom. The summed E-state index contributed by atoms with van der Waals surface area (Å²) in [5.74, 6) is 0.953. The Morgan fingerprint density at radius 2 is 0.953 bits per heavy atom. The smallest absolute Gasteiger partial charge is 0.132 e. The monoisotopic (exact) mass is 598 g/mol. The number of benzene rings is 4. The fourth-order valence-electron chi connectivity index (χ4n) is 5.12. The van der Waals surface area contributed by atoms with Gasteiger partial charge in [-0.2, -0.15) is 0 Å². The predicted octanol–water partition coefficient (Wildman–Crippen LogP) is 7.83. The van der Waals surface area contributed by atoms with Gasteiger partial charge in [0.1, 0.15) is 29.9 Å². The average Bonchev–Trinajstić information content (AvgIpc) is 3.07. The van der Waals surface area contributed by atoms with Crippen LogP contribution >= 0.6 is 11.8 Å². The molecular formula is C37H42O5S. The summed E-state index contributed by atoms with van der Waals surface area (Å²) in [6.07, 6.45) is -0.417. The number of hydrogen-bond donors (Lipinski definition) is 0. The van der Waals surface area contributed by atoms with Gasteiger partial charge in [-0.3, -0.25) is 0 Å². The van der Waals surface area contributed by atoms with Crippen molar-refractivity contribution in [3.05, 3.63) is 144 Å². The van der Waals surface area contributed by atoms with Gasteiger partial charge in [0.25, 0.3) is 0 Å². The van der Waals surface area contributed by atoms with Crippen molar-refractivity contribution < 1.29 is 23.7 Å². The Kier molecular flexibility index (Phi) is 12.7. The van der Waals surface area contributed by atoms with Crippen LogP contribution in [0.4, 0.5) is 0 Å². The highest BCUT2D eigenvalue weighted by atomic mass is 32.2. The lowest BCUT2D eigenvalue weighted by Gasteiger charge is -2.46. The Bertz CT molecular complexity index is 1290. The summed E-state index contributed by atoms with van der Waals surface area (Å²) in [5, 5.41) is 0. The minimum Gasteiger partial charge on any atom is -0.374 e. The quantitative estimate of drug-likeness (QED) is 0.131. The zero-order chi connectivity index (χ0) is 29.5. The van der Waals surface area contributed by atoms with E-state index in [0.717, 1.165) is 34.4 Å². The van der Waals surface area contributed by atoms with Gasteiger partial charge in [-0.15, -0.1) is 11.8 Å². The maximum Gasteiger partial charge on any atom is 0.132 e. The van der Waals surface area contributed by atoms with Crippen LogP contribution in [0.25, 0.3) is 0 Å². The third-order valence-corrected chi connectivity index (χ3v) is 8.68. The first-order chi connectivity index (χ1) is 21.3. The van der Waals surface area contributed by atoms with Crippen molar-refractivity contribution in [2.75, 3.05) is 12.4 Å². The van der Waals surface area contributed by atoms with Crippen molar-refractivity contribution in [2.45, 2.75) is 69.6 Å². The molecule has 43 heavy (non-hydrogen) atoms. The first-order valence-corrected chi connectivity index (χ1v) is 16.2. The summed E-state index contributed by atoms with van der Waals surface area (Å²) >= 11 is 1.78. The molecule has 0 bridgehead atoms. The lowest BCUT2D eigenvalue weighted by molar-refractivity contribution is -0.254. The topological polar surface area (TPSA) is 46.2 Å².